The molecule has 0 radical (unpaired) electrons. The molecule has 0 saturated heterocycles. The van der Waals surface area contributed by atoms with E-state index >= 15 is 0 Å². The van der Waals surface area contributed by atoms with Gasteiger partial charge in [0.15, 0.2) is 5.69 Å². The quantitative estimate of drug-likeness (QED) is 0.783. The van der Waals surface area contributed by atoms with Gasteiger partial charge in [-0.25, -0.2) is 9.78 Å². The molecule has 0 saturated carbocycles. The van der Waals surface area contributed by atoms with Crippen LogP contribution in [-0.4, -0.2) is 22.7 Å². The fraction of sp³-hybridized carbons (Fsp3) is 0.375. The van der Waals surface area contributed by atoms with Gasteiger partial charge in [0.05, 0.1) is 6.61 Å². The molecule has 0 atom stereocenters. The zero-order valence-corrected chi connectivity index (χ0v) is 13.0. The van der Waals surface area contributed by atoms with Crippen molar-refractivity contribution in [2.45, 2.75) is 26.9 Å². The first kappa shape index (κ1) is 15.7. The number of carbonyl (C=O) groups is 1. The number of thiazole rings is 1. The summed E-state index contributed by atoms with van der Waals surface area (Å²) >= 11 is 1.34. The molecule has 0 unspecified atom stereocenters. The van der Waals surface area contributed by atoms with Gasteiger partial charge in [0.1, 0.15) is 5.01 Å². The lowest BCUT2D eigenvalue weighted by molar-refractivity contribution is 0.0691. The summed E-state index contributed by atoms with van der Waals surface area (Å²) in [5.74, 6) is -0.339. The molecule has 4 nitrogen and oxygen atoms in total. The molecule has 5 heteroatoms. The number of ether oxygens (including phenoxy) is 1. The fourth-order valence-electron chi connectivity index (χ4n) is 1.76. The van der Waals surface area contributed by atoms with Gasteiger partial charge in [-0.05, 0) is 17.9 Å². The third-order valence-corrected chi connectivity index (χ3v) is 3.92. The van der Waals surface area contributed by atoms with Crippen molar-refractivity contribution in [2.24, 2.45) is 5.92 Å². The monoisotopic (exact) mass is 305 g/mol. The molecular formula is C16H19NO3S. The Kier molecular flexibility index (Phi) is 5.47. The molecule has 21 heavy (non-hydrogen) atoms. The van der Waals surface area contributed by atoms with Gasteiger partial charge in [-0.15, -0.1) is 11.3 Å². The zero-order valence-electron chi connectivity index (χ0n) is 12.2. The Hall–Kier alpha value is -1.72. The first-order valence-electron chi connectivity index (χ1n) is 6.92. The number of carboxylic acid groups (broad SMARTS) is 1. The molecule has 0 aliphatic rings. The van der Waals surface area contributed by atoms with Crippen LogP contribution in [0.15, 0.2) is 29.6 Å². The van der Waals surface area contributed by atoms with E-state index in [1.807, 2.05) is 24.3 Å². The lowest BCUT2D eigenvalue weighted by atomic mass is 10.1. The highest BCUT2D eigenvalue weighted by Crippen LogP contribution is 2.24. The van der Waals surface area contributed by atoms with E-state index in [0.29, 0.717) is 12.5 Å². The predicted molar refractivity (Wildman–Crippen MR) is 83.6 cm³/mol. The molecule has 0 amide bonds. The SMILES string of the molecule is CC(C)CCOCc1ccc(-c2nc(C(=O)O)cs2)cc1. The highest BCUT2D eigenvalue weighted by molar-refractivity contribution is 7.13. The maximum absolute atomic E-state index is 10.8. The van der Waals surface area contributed by atoms with E-state index in [1.54, 1.807) is 5.38 Å². The summed E-state index contributed by atoms with van der Waals surface area (Å²) in [6, 6.07) is 7.89. The molecule has 0 aliphatic heterocycles. The standard InChI is InChI=1S/C16H19NO3S/c1-11(2)7-8-20-9-12-3-5-13(6-4-12)15-17-14(10-21-15)16(18)19/h3-6,10-11H,7-9H2,1-2H3,(H,18,19). The Balaban J connectivity index is 1.93. The zero-order chi connectivity index (χ0) is 15.2. The topological polar surface area (TPSA) is 59.4 Å². The number of aromatic carboxylic acids is 1. The number of hydrogen-bond acceptors (Lipinski definition) is 4. The first-order valence-corrected chi connectivity index (χ1v) is 7.80. The molecule has 0 spiro atoms. The Labute approximate surface area is 128 Å². The van der Waals surface area contributed by atoms with Crippen LogP contribution < -0.4 is 0 Å². The molecule has 1 aromatic carbocycles. The Morgan fingerprint density at radius 2 is 2.05 bits per heavy atom. The van der Waals surface area contributed by atoms with Crippen LogP contribution in [0.4, 0.5) is 0 Å². The maximum Gasteiger partial charge on any atom is 0.355 e. The van der Waals surface area contributed by atoms with Crippen molar-refractivity contribution < 1.29 is 14.6 Å². The van der Waals surface area contributed by atoms with Gasteiger partial charge < -0.3 is 9.84 Å². The lowest BCUT2D eigenvalue weighted by Crippen LogP contribution is -1.99. The number of rotatable bonds is 7. The highest BCUT2D eigenvalue weighted by atomic mass is 32.1. The van der Waals surface area contributed by atoms with E-state index in [4.69, 9.17) is 9.84 Å². The second-order valence-electron chi connectivity index (χ2n) is 5.28. The normalized spacial score (nSPS) is 11.0. The molecule has 112 valence electrons. The van der Waals surface area contributed by atoms with E-state index in [0.717, 1.165) is 29.2 Å². The van der Waals surface area contributed by atoms with Crippen molar-refractivity contribution in [3.63, 3.8) is 0 Å². The molecular weight excluding hydrogens is 286 g/mol. The van der Waals surface area contributed by atoms with Gasteiger partial charge in [0, 0.05) is 17.6 Å². The third-order valence-electron chi connectivity index (χ3n) is 3.03. The van der Waals surface area contributed by atoms with Crippen molar-refractivity contribution in [3.05, 3.63) is 40.9 Å². The number of carboxylic acids is 1. The van der Waals surface area contributed by atoms with E-state index in [9.17, 15) is 4.79 Å². The number of nitrogens with zero attached hydrogens (tertiary/aromatic N) is 1. The fourth-order valence-corrected chi connectivity index (χ4v) is 2.56. The maximum atomic E-state index is 10.8. The molecule has 1 heterocycles. The van der Waals surface area contributed by atoms with Gasteiger partial charge >= 0.3 is 5.97 Å². The smallest absolute Gasteiger partial charge is 0.355 e. The summed E-state index contributed by atoms with van der Waals surface area (Å²) in [7, 11) is 0. The molecule has 1 aromatic heterocycles. The molecule has 0 bridgehead atoms. The van der Waals surface area contributed by atoms with Crippen molar-refractivity contribution in [1.82, 2.24) is 4.98 Å². The van der Waals surface area contributed by atoms with Crippen LogP contribution in [0.3, 0.4) is 0 Å². The summed E-state index contributed by atoms with van der Waals surface area (Å²) in [5, 5.41) is 11.2. The first-order chi connectivity index (χ1) is 10.1. The van der Waals surface area contributed by atoms with Crippen molar-refractivity contribution in [1.29, 1.82) is 0 Å². The molecule has 0 aliphatic carbocycles. The summed E-state index contributed by atoms with van der Waals surface area (Å²) in [6.45, 7) is 5.73. The van der Waals surface area contributed by atoms with Crippen LogP contribution in [-0.2, 0) is 11.3 Å². The average Bonchev–Trinajstić information content (AvgIpc) is 2.94. The van der Waals surface area contributed by atoms with Crippen LogP contribution in [0.1, 0.15) is 36.3 Å². The molecule has 0 fully saturated rings. The van der Waals surface area contributed by atoms with E-state index in [2.05, 4.69) is 18.8 Å². The van der Waals surface area contributed by atoms with Crippen LogP contribution in [0.2, 0.25) is 0 Å². The van der Waals surface area contributed by atoms with Gasteiger partial charge in [0.2, 0.25) is 0 Å². The number of benzene rings is 1. The van der Waals surface area contributed by atoms with E-state index < -0.39 is 5.97 Å². The predicted octanol–water partition coefficient (Wildman–Crippen LogP) is 4.07. The summed E-state index contributed by atoms with van der Waals surface area (Å²) in [6.07, 6.45) is 1.06. The minimum atomic E-state index is -0.993. The molecule has 1 N–H and O–H groups in total. The highest BCUT2D eigenvalue weighted by Gasteiger charge is 2.09. The number of hydrogen-bond donors (Lipinski definition) is 1. The van der Waals surface area contributed by atoms with Crippen molar-refractivity contribution >= 4 is 17.3 Å². The minimum absolute atomic E-state index is 0.0936. The average molecular weight is 305 g/mol. The van der Waals surface area contributed by atoms with Gasteiger partial charge in [-0.1, -0.05) is 38.1 Å². The summed E-state index contributed by atoms with van der Waals surface area (Å²) in [4.78, 5) is 14.9. The van der Waals surface area contributed by atoms with E-state index in [1.165, 1.54) is 11.3 Å². The van der Waals surface area contributed by atoms with Gasteiger partial charge in [0.25, 0.3) is 0 Å². The van der Waals surface area contributed by atoms with Crippen molar-refractivity contribution in [3.8, 4) is 10.6 Å². The van der Waals surface area contributed by atoms with E-state index in [-0.39, 0.29) is 5.69 Å². The van der Waals surface area contributed by atoms with Crippen LogP contribution in [0.5, 0.6) is 0 Å². The molecule has 2 rings (SSSR count). The molecule has 2 aromatic rings. The number of aromatic nitrogens is 1. The van der Waals surface area contributed by atoms with Gasteiger partial charge in [-0.3, -0.25) is 0 Å². The Morgan fingerprint density at radius 1 is 1.33 bits per heavy atom. The van der Waals surface area contributed by atoms with Crippen LogP contribution in [0, 0.1) is 5.92 Å². The third kappa shape index (κ3) is 4.65. The second-order valence-corrected chi connectivity index (χ2v) is 6.13. The minimum Gasteiger partial charge on any atom is -0.476 e. The largest absolute Gasteiger partial charge is 0.476 e. The van der Waals surface area contributed by atoms with Gasteiger partial charge in [-0.2, -0.15) is 0 Å². The van der Waals surface area contributed by atoms with Crippen LogP contribution >= 0.6 is 11.3 Å². The Morgan fingerprint density at radius 3 is 2.62 bits per heavy atom. The lowest BCUT2D eigenvalue weighted by Gasteiger charge is -2.07. The van der Waals surface area contributed by atoms with Crippen LogP contribution in [0.25, 0.3) is 10.6 Å². The second kappa shape index (κ2) is 7.33. The summed E-state index contributed by atoms with van der Waals surface area (Å²) < 4.78 is 5.62. The Bertz CT molecular complexity index is 590. The summed E-state index contributed by atoms with van der Waals surface area (Å²) in [5.41, 5.74) is 2.13. The van der Waals surface area contributed by atoms with Crippen molar-refractivity contribution in [2.75, 3.05) is 6.61 Å².